The third-order valence-corrected chi connectivity index (χ3v) is 6.07. The van der Waals surface area contributed by atoms with E-state index < -0.39 is 11.9 Å². The van der Waals surface area contributed by atoms with Gasteiger partial charge in [-0.2, -0.15) is 5.26 Å². The molecule has 0 radical (unpaired) electrons. The lowest BCUT2D eigenvalue weighted by atomic mass is 9.90. The quantitative estimate of drug-likeness (QED) is 0.761. The number of hydrogen-bond acceptors (Lipinski definition) is 7. The monoisotopic (exact) mass is 407 g/mol. The average molecular weight is 408 g/mol. The minimum absolute atomic E-state index is 0.290. The summed E-state index contributed by atoms with van der Waals surface area (Å²) < 4.78 is 5.60. The highest BCUT2D eigenvalue weighted by atomic mass is 16.5. The predicted molar refractivity (Wildman–Crippen MR) is 115 cm³/mol. The van der Waals surface area contributed by atoms with Crippen LogP contribution in [0.4, 0.5) is 5.82 Å². The minimum Gasteiger partial charge on any atom is -0.464 e. The largest absolute Gasteiger partial charge is 0.464 e. The van der Waals surface area contributed by atoms with Crippen LogP contribution in [0.25, 0.3) is 11.0 Å². The van der Waals surface area contributed by atoms with Gasteiger partial charge in [-0.25, -0.2) is 9.97 Å². The Morgan fingerprint density at radius 1 is 1.27 bits per heavy atom. The van der Waals surface area contributed by atoms with E-state index in [1.165, 1.54) is 19.3 Å². The molecule has 0 amide bonds. The van der Waals surface area contributed by atoms with Gasteiger partial charge in [0.1, 0.15) is 5.69 Å². The number of para-hydroxylation sites is 2. The first-order valence-electron chi connectivity index (χ1n) is 11.0. The number of aromatic nitrogens is 2. The summed E-state index contributed by atoms with van der Waals surface area (Å²) in [5.74, 6) is -0.579. The molecule has 1 aromatic heterocycles. The molecule has 1 aliphatic heterocycles. The summed E-state index contributed by atoms with van der Waals surface area (Å²) in [4.78, 5) is 24.6. The van der Waals surface area contributed by atoms with Crippen LogP contribution in [0.5, 0.6) is 0 Å². The van der Waals surface area contributed by atoms with Crippen molar-refractivity contribution < 1.29 is 9.53 Å². The number of nitrogens with one attached hydrogen (secondary N) is 1. The van der Waals surface area contributed by atoms with Crippen molar-refractivity contribution in [1.82, 2.24) is 15.3 Å². The number of rotatable bonds is 5. The zero-order valence-corrected chi connectivity index (χ0v) is 17.5. The number of carbonyl (C=O) groups excluding carboxylic acids is 1. The molecule has 1 saturated heterocycles. The van der Waals surface area contributed by atoms with E-state index in [0.29, 0.717) is 35.6 Å². The Morgan fingerprint density at radius 2 is 2.00 bits per heavy atom. The van der Waals surface area contributed by atoms with E-state index in [9.17, 15) is 10.1 Å². The van der Waals surface area contributed by atoms with E-state index in [0.717, 1.165) is 38.0 Å². The second kappa shape index (κ2) is 9.40. The highest BCUT2D eigenvalue weighted by molar-refractivity contribution is 5.85. The van der Waals surface area contributed by atoms with Gasteiger partial charge in [0.2, 0.25) is 0 Å². The summed E-state index contributed by atoms with van der Waals surface area (Å²) >= 11 is 0. The van der Waals surface area contributed by atoms with Crippen molar-refractivity contribution in [1.29, 1.82) is 5.26 Å². The van der Waals surface area contributed by atoms with Gasteiger partial charge in [0.25, 0.3) is 0 Å². The lowest BCUT2D eigenvalue weighted by molar-refractivity contribution is -0.145. The van der Waals surface area contributed by atoms with Gasteiger partial charge >= 0.3 is 5.97 Å². The Morgan fingerprint density at radius 3 is 2.70 bits per heavy atom. The minimum atomic E-state index is -1.08. The maximum atomic E-state index is 12.9. The van der Waals surface area contributed by atoms with Crippen molar-refractivity contribution in [2.45, 2.75) is 51.0 Å². The molecule has 1 aliphatic carbocycles. The average Bonchev–Trinajstić information content (AvgIpc) is 2.78. The zero-order chi connectivity index (χ0) is 20.9. The smallest absolute Gasteiger partial charge is 0.329 e. The number of piperazine rings is 1. The van der Waals surface area contributed by atoms with Crippen molar-refractivity contribution >= 4 is 22.8 Å². The van der Waals surface area contributed by atoms with E-state index in [1.54, 1.807) is 0 Å². The number of hydrogen-bond donors (Lipinski definition) is 1. The third kappa shape index (κ3) is 4.54. The summed E-state index contributed by atoms with van der Waals surface area (Å²) in [5, 5.41) is 13.3. The molecule has 158 valence electrons. The Bertz CT molecular complexity index is 935. The van der Waals surface area contributed by atoms with Crippen LogP contribution < -0.4 is 10.2 Å². The first-order chi connectivity index (χ1) is 14.7. The number of carbonyl (C=O) groups is 1. The number of anilines is 1. The lowest BCUT2D eigenvalue weighted by Crippen LogP contribution is -2.50. The number of fused-ring (bicyclic) bond motifs is 1. The molecule has 1 saturated carbocycles. The molecule has 2 atom stereocenters. The normalized spacial score (nSPS) is 21.2. The van der Waals surface area contributed by atoms with E-state index >= 15 is 0 Å². The molecular formula is C23H29N5O2. The first-order valence-corrected chi connectivity index (χ1v) is 11.0. The topological polar surface area (TPSA) is 91.1 Å². The number of ether oxygens (including phenoxy) is 1. The molecule has 7 nitrogen and oxygen atoms in total. The molecular weight excluding hydrogens is 378 g/mol. The molecule has 0 bridgehead atoms. The van der Waals surface area contributed by atoms with E-state index in [4.69, 9.17) is 14.7 Å². The van der Waals surface area contributed by atoms with Crippen LogP contribution in [0, 0.1) is 17.2 Å². The molecule has 7 heteroatoms. The summed E-state index contributed by atoms with van der Waals surface area (Å²) in [6.45, 7) is 4.81. The Balaban J connectivity index is 1.63. The number of esters is 1. The molecule has 30 heavy (non-hydrogen) atoms. The molecule has 2 aromatic rings. The zero-order valence-electron chi connectivity index (χ0n) is 17.5. The molecule has 4 rings (SSSR count). The third-order valence-electron chi connectivity index (χ3n) is 6.07. The Kier molecular flexibility index (Phi) is 6.44. The fourth-order valence-electron chi connectivity index (χ4n) is 4.42. The number of nitrogens with zero attached hydrogens (tertiary/aromatic N) is 4. The summed E-state index contributed by atoms with van der Waals surface area (Å²) in [6.07, 6.45) is 5.80. The fourth-order valence-corrected chi connectivity index (χ4v) is 4.42. The second-order valence-corrected chi connectivity index (χ2v) is 8.42. The second-order valence-electron chi connectivity index (χ2n) is 8.42. The van der Waals surface area contributed by atoms with Crippen LogP contribution in [0.15, 0.2) is 24.3 Å². The van der Waals surface area contributed by atoms with E-state index in [2.05, 4.69) is 23.2 Å². The Hall–Kier alpha value is -2.72. The number of nitriles is 1. The van der Waals surface area contributed by atoms with Gasteiger partial charge in [-0.15, -0.1) is 0 Å². The van der Waals surface area contributed by atoms with Crippen molar-refractivity contribution in [2.75, 3.05) is 31.1 Å². The van der Waals surface area contributed by atoms with E-state index in [1.807, 2.05) is 24.3 Å². The lowest BCUT2D eigenvalue weighted by Gasteiger charge is -2.34. The summed E-state index contributed by atoms with van der Waals surface area (Å²) in [7, 11) is 0. The van der Waals surface area contributed by atoms with Crippen molar-refractivity contribution in [3.63, 3.8) is 0 Å². The summed E-state index contributed by atoms with van der Waals surface area (Å²) in [6, 6.07) is 10.0. The SMILES string of the molecule is CC1CN(c2nc3ccccc3nc2C(C#N)C(=O)OCC2CCCCC2)CCN1. The molecule has 2 heterocycles. The predicted octanol–water partition coefficient (Wildman–Crippen LogP) is 3.16. The van der Waals surface area contributed by atoms with Crippen molar-refractivity contribution in [2.24, 2.45) is 5.92 Å². The number of benzene rings is 1. The first kappa shape index (κ1) is 20.5. The van der Waals surface area contributed by atoms with Crippen LogP contribution in [0.3, 0.4) is 0 Å². The van der Waals surface area contributed by atoms with Gasteiger partial charge in [-0.3, -0.25) is 4.79 Å². The van der Waals surface area contributed by atoms with Gasteiger partial charge in [0, 0.05) is 25.7 Å². The van der Waals surface area contributed by atoms with Crippen LogP contribution in [-0.4, -0.2) is 48.2 Å². The molecule has 2 aliphatic rings. The fraction of sp³-hybridized carbons (Fsp3) is 0.565. The van der Waals surface area contributed by atoms with E-state index in [-0.39, 0.29) is 0 Å². The van der Waals surface area contributed by atoms with Gasteiger partial charge in [0.05, 0.1) is 23.7 Å². The molecule has 1 N–H and O–H groups in total. The molecule has 1 aromatic carbocycles. The Labute approximate surface area is 177 Å². The van der Waals surface area contributed by atoms with Gasteiger partial charge < -0.3 is 15.0 Å². The maximum absolute atomic E-state index is 12.9. The van der Waals surface area contributed by atoms with Gasteiger partial charge in [-0.1, -0.05) is 31.4 Å². The highest BCUT2D eigenvalue weighted by Crippen LogP contribution is 2.29. The van der Waals surface area contributed by atoms with Gasteiger partial charge in [-0.05, 0) is 37.8 Å². The van der Waals surface area contributed by atoms with Crippen LogP contribution in [-0.2, 0) is 9.53 Å². The molecule has 0 spiro atoms. The molecule has 2 fully saturated rings. The van der Waals surface area contributed by atoms with Crippen LogP contribution >= 0.6 is 0 Å². The standard InChI is InChI=1S/C23H29N5O2/c1-16-14-28(12-11-25-16)22-21(26-19-9-5-6-10-20(19)27-22)18(13-24)23(29)30-15-17-7-3-2-4-8-17/h5-6,9-10,16-18,25H,2-4,7-8,11-12,14-15H2,1H3. The van der Waals surface area contributed by atoms with Crippen LogP contribution in [0.2, 0.25) is 0 Å². The van der Waals surface area contributed by atoms with Gasteiger partial charge in [0.15, 0.2) is 11.7 Å². The van der Waals surface area contributed by atoms with Crippen molar-refractivity contribution in [3.8, 4) is 6.07 Å². The highest BCUT2D eigenvalue weighted by Gasteiger charge is 2.31. The summed E-state index contributed by atoms with van der Waals surface area (Å²) in [5.41, 5.74) is 1.84. The molecule has 2 unspecified atom stereocenters. The van der Waals surface area contributed by atoms with Crippen molar-refractivity contribution in [3.05, 3.63) is 30.0 Å². The maximum Gasteiger partial charge on any atom is 0.329 e. The van der Waals surface area contributed by atoms with Crippen LogP contribution in [0.1, 0.15) is 50.6 Å².